The molecule has 0 spiro atoms. The number of hydrogen-bond acceptors (Lipinski definition) is 2. The number of carbonyl (C=O) groups is 1. The monoisotopic (exact) mass is 394 g/mol. The maximum absolute atomic E-state index is 12.1. The Morgan fingerprint density at radius 3 is 2.56 bits per heavy atom. The normalized spacial score (nSPS) is 19.6. The highest BCUT2D eigenvalue weighted by Gasteiger charge is 2.21. The number of carbonyl (C=O) groups excluding carboxylic acids is 1. The number of rotatable bonds is 2. The van der Waals surface area contributed by atoms with E-state index in [1.165, 1.54) is 0 Å². The van der Waals surface area contributed by atoms with E-state index in [4.69, 9.17) is 11.6 Å². The molecule has 1 saturated heterocycles. The van der Waals surface area contributed by atoms with Crippen LogP contribution in [0, 0.1) is 0 Å². The minimum Gasteiger partial charge on any atom is -0.323 e. The molecule has 6 heteroatoms. The van der Waals surface area contributed by atoms with Crippen LogP contribution in [0.4, 0.5) is 5.69 Å². The Labute approximate surface area is 128 Å². The summed E-state index contributed by atoms with van der Waals surface area (Å²) in [7, 11) is 0. The van der Waals surface area contributed by atoms with Gasteiger partial charge in [-0.15, -0.1) is 0 Å². The van der Waals surface area contributed by atoms with Crippen molar-refractivity contribution >= 4 is 55.1 Å². The molecular formula is C12H13Br2ClN2O. The predicted octanol–water partition coefficient (Wildman–Crippen LogP) is 3.95. The lowest BCUT2D eigenvalue weighted by Gasteiger charge is -2.23. The molecule has 2 N–H and O–H groups in total. The summed E-state index contributed by atoms with van der Waals surface area (Å²) in [5.74, 6) is -0.00146. The molecular weight excluding hydrogens is 383 g/mol. The van der Waals surface area contributed by atoms with Crippen LogP contribution in [0.5, 0.6) is 0 Å². The Morgan fingerprint density at radius 1 is 1.33 bits per heavy atom. The lowest BCUT2D eigenvalue weighted by molar-refractivity contribution is -0.118. The molecule has 2 rings (SSSR count). The van der Waals surface area contributed by atoms with Crippen molar-refractivity contribution in [3.63, 3.8) is 0 Å². The van der Waals surface area contributed by atoms with Gasteiger partial charge in [-0.2, -0.15) is 0 Å². The van der Waals surface area contributed by atoms with E-state index in [9.17, 15) is 4.79 Å². The number of nitrogens with one attached hydrogen (secondary N) is 2. The number of piperidine rings is 1. The summed E-state index contributed by atoms with van der Waals surface area (Å²) >= 11 is 12.7. The molecule has 0 radical (unpaired) electrons. The second-order valence-electron chi connectivity index (χ2n) is 4.24. The molecule has 1 fully saturated rings. The van der Waals surface area contributed by atoms with Crippen LogP contribution < -0.4 is 10.6 Å². The standard InChI is InChI=1S/C12H13Br2ClN2O/c13-8-5-7(15)6-9(14)11(8)17-12(18)10-3-1-2-4-16-10/h5-6,10,16H,1-4H2,(H,17,18). The fourth-order valence-electron chi connectivity index (χ4n) is 1.95. The van der Waals surface area contributed by atoms with Gasteiger partial charge in [-0.05, 0) is 63.4 Å². The highest BCUT2D eigenvalue weighted by molar-refractivity contribution is 9.11. The topological polar surface area (TPSA) is 41.1 Å². The smallest absolute Gasteiger partial charge is 0.241 e. The zero-order chi connectivity index (χ0) is 13.1. The van der Waals surface area contributed by atoms with Crippen LogP contribution in [0.2, 0.25) is 5.02 Å². The average molecular weight is 397 g/mol. The first-order valence-electron chi connectivity index (χ1n) is 5.76. The van der Waals surface area contributed by atoms with Crippen LogP contribution in [0.15, 0.2) is 21.1 Å². The van der Waals surface area contributed by atoms with Gasteiger partial charge in [0.2, 0.25) is 5.91 Å². The summed E-state index contributed by atoms with van der Waals surface area (Å²) in [5, 5.41) is 6.76. The fourth-order valence-corrected chi connectivity index (χ4v) is 3.81. The lowest BCUT2D eigenvalue weighted by Crippen LogP contribution is -2.43. The zero-order valence-electron chi connectivity index (χ0n) is 9.60. The molecule has 3 nitrogen and oxygen atoms in total. The molecule has 0 aliphatic carbocycles. The minimum absolute atomic E-state index is 0.00146. The first-order valence-corrected chi connectivity index (χ1v) is 7.73. The Bertz CT molecular complexity index is 438. The van der Waals surface area contributed by atoms with Gasteiger partial charge in [0.05, 0.1) is 11.7 Å². The average Bonchev–Trinajstić information content (AvgIpc) is 2.34. The Hall–Kier alpha value is -0.100. The lowest BCUT2D eigenvalue weighted by atomic mass is 10.0. The SMILES string of the molecule is O=C(Nc1c(Br)cc(Cl)cc1Br)C1CCCCN1. The molecule has 1 heterocycles. The molecule has 0 aromatic heterocycles. The molecule has 1 unspecified atom stereocenters. The van der Waals surface area contributed by atoms with E-state index in [-0.39, 0.29) is 11.9 Å². The largest absolute Gasteiger partial charge is 0.323 e. The summed E-state index contributed by atoms with van der Waals surface area (Å²) < 4.78 is 1.54. The molecule has 1 aromatic rings. The first kappa shape index (κ1) is 14.3. The molecule has 98 valence electrons. The highest BCUT2D eigenvalue weighted by atomic mass is 79.9. The van der Waals surface area contributed by atoms with Crippen molar-refractivity contribution in [2.75, 3.05) is 11.9 Å². The van der Waals surface area contributed by atoms with Gasteiger partial charge < -0.3 is 10.6 Å². The van der Waals surface area contributed by atoms with E-state index in [0.717, 1.165) is 40.4 Å². The summed E-state index contributed by atoms with van der Waals surface area (Å²) in [6, 6.07) is 3.42. The maximum Gasteiger partial charge on any atom is 0.241 e. The third-order valence-electron chi connectivity index (χ3n) is 2.88. The molecule has 1 aliphatic rings. The first-order chi connectivity index (χ1) is 8.58. The van der Waals surface area contributed by atoms with Gasteiger partial charge in [-0.1, -0.05) is 18.0 Å². The van der Waals surface area contributed by atoms with Crippen molar-refractivity contribution in [1.82, 2.24) is 5.32 Å². The van der Waals surface area contributed by atoms with Crippen LogP contribution in [-0.2, 0) is 4.79 Å². The van der Waals surface area contributed by atoms with E-state index in [0.29, 0.717) is 5.02 Å². The summed E-state index contributed by atoms with van der Waals surface area (Å²) in [6.45, 7) is 0.904. The van der Waals surface area contributed by atoms with Crippen molar-refractivity contribution in [1.29, 1.82) is 0 Å². The molecule has 1 aromatic carbocycles. The number of benzene rings is 1. The third-order valence-corrected chi connectivity index (χ3v) is 4.35. The molecule has 1 aliphatic heterocycles. The summed E-state index contributed by atoms with van der Waals surface area (Å²) in [6.07, 6.45) is 3.11. The van der Waals surface area contributed by atoms with Gasteiger partial charge in [0.25, 0.3) is 0 Å². The van der Waals surface area contributed by atoms with Gasteiger partial charge in [-0.25, -0.2) is 0 Å². The van der Waals surface area contributed by atoms with Gasteiger partial charge in [0.1, 0.15) is 0 Å². The molecule has 1 atom stereocenters. The van der Waals surface area contributed by atoms with E-state index in [1.807, 2.05) is 0 Å². The summed E-state index contributed by atoms with van der Waals surface area (Å²) in [5.41, 5.74) is 0.719. The number of hydrogen-bond donors (Lipinski definition) is 2. The van der Waals surface area contributed by atoms with Crippen LogP contribution in [-0.4, -0.2) is 18.5 Å². The van der Waals surface area contributed by atoms with Crippen molar-refractivity contribution in [3.05, 3.63) is 26.1 Å². The van der Waals surface area contributed by atoms with Gasteiger partial charge in [-0.3, -0.25) is 4.79 Å². The van der Waals surface area contributed by atoms with Crippen LogP contribution in [0.1, 0.15) is 19.3 Å². The summed E-state index contributed by atoms with van der Waals surface area (Å²) in [4.78, 5) is 12.1. The van der Waals surface area contributed by atoms with Crippen LogP contribution in [0.25, 0.3) is 0 Å². The second kappa shape index (κ2) is 6.37. The van der Waals surface area contributed by atoms with Crippen molar-refractivity contribution < 1.29 is 4.79 Å². The quantitative estimate of drug-likeness (QED) is 0.795. The number of amides is 1. The number of halogens is 3. The van der Waals surface area contributed by atoms with E-state index < -0.39 is 0 Å². The van der Waals surface area contributed by atoms with Crippen molar-refractivity contribution in [3.8, 4) is 0 Å². The van der Waals surface area contributed by atoms with Crippen LogP contribution in [0.3, 0.4) is 0 Å². The zero-order valence-corrected chi connectivity index (χ0v) is 13.5. The van der Waals surface area contributed by atoms with Gasteiger partial charge in [0.15, 0.2) is 0 Å². The molecule has 0 bridgehead atoms. The van der Waals surface area contributed by atoms with E-state index >= 15 is 0 Å². The Morgan fingerprint density at radius 2 is 2.00 bits per heavy atom. The maximum atomic E-state index is 12.1. The van der Waals surface area contributed by atoms with Gasteiger partial charge in [0, 0.05) is 14.0 Å². The minimum atomic E-state index is -0.103. The fraction of sp³-hybridized carbons (Fsp3) is 0.417. The highest BCUT2D eigenvalue weighted by Crippen LogP contribution is 2.34. The van der Waals surface area contributed by atoms with Crippen LogP contribution >= 0.6 is 43.5 Å². The molecule has 18 heavy (non-hydrogen) atoms. The van der Waals surface area contributed by atoms with Gasteiger partial charge >= 0.3 is 0 Å². The predicted molar refractivity (Wildman–Crippen MR) is 81.1 cm³/mol. The van der Waals surface area contributed by atoms with E-state index in [2.05, 4.69) is 42.5 Å². The third kappa shape index (κ3) is 3.47. The molecule has 1 amide bonds. The second-order valence-corrected chi connectivity index (χ2v) is 6.38. The van der Waals surface area contributed by atoms with E-state index in [1.54, 1.807) is 12.1 Å². The number of anilines is 1. The Kier molecular flexibility index (Phi) is 5.06. The Balaban J connectivity index is 2.11. The molecule has 0 saturated carbocycles. The van der Waals surface area contributed by atoms with Crippen molar-refractivity contribution in [2.45, 2.75) is 25.3 Å². The van der Waals surface area contributed by atoms with Crippen molar-refractivity contribution in [2.24, 2.45) is 0 Å².